The van der Waals surface area contributed by atoms with Crippen LogP contribution >= 0.6 is 0 Å². The van der Waals surface area contributed by atoms with Crippen molar-refractivity contribution in [2.45, 2.75) is 26.2 Å². The largest absolute Gasteiger partial charge is 0.193 e. The zero-order chi connectivity index (χ0) is 11.6. The Hall–Kier alpha value is -1.81. The average Bonchev–Trinajstić information content (AvgIpc) is 2.34. The summed E-state index contributed by atoms with van der Waals surface area (Å²) in [6.45, 7) is 2.16. The first kappa shape index (κ1) is 12.3. The van der Waals surface area contributed by atoms with Gasteiger partial charge in [0.05, 0.1) is 6.07 Å². The SMILES string of the molecule is CCCCC(C=Cc1ccccc1)=CC#N. The molecule has 82 valence electrons. The normalized spacial score (nSPS) is 11.6. The molecule has 1 heteroatoms. The molecule has 16 heavy (non-hydrogen) atoms. The van der Waals surface area contributed by atoms with E-state index in [4.69, 9.17) is 5.26 Å². The van der Waals surface area contributed by atoms with Crippen molar-refractivity contribution in [2.75, 3.05) is 0 Å². The average molecular weight is 211 g/mol. The molecule has 0 amide bonds. The van der Waals surface area contributed by atoms with E-state index in [1.165, 1.54) is 5.56 Å². The number of unbranched alkanes of at least 4 members (excludes halogenated alkanes) is 1. The molecule has 0 aromatic heterocycles. The van der Waals surface area contributed by atoms with Crippen molar-refractivity contribution in [3.05, 3.63) is 53.6 Å². The van der Waals surface area contributed by atoms with E-state index < -0.39 is 0 Å². The molecule has 0 spiro atoms. The summed E-state index contributed by atoms with van der Waals surface area (Å²) in [5, 5.41) is 8.67. The van der Waals surface area contributed by atoms with E-state index in [1.807, 2.05) is 24.3 Å². The lowest BCUT2D eigenvalue weighted by Crippen LogP contribution is -1.79. The van der Waals surface area contributed by atoms with Crippen molar-refractivity contribution in [2.24, 2.45) is 0 Å². The lowest BCUT2D eigenvalue weighted by Gasteiger charge is -1.98. The minimum absolute atomic E-state index is 0.980. The van der Waals surface area contributed by atoms with Crippen molar-refractivity contribution in [1.82, 2.24) is 0 Å². The summed E-state index contributed by atoms with van der Waals surface area (Å²) < 4.78 is 0. The highest BCUT2D eigenvalue weighted by Gasteiger charge is 1.92. The first-order valence-corrected chi connectivity index (χ1v) is 5.68. The van der Waals surface area contributed by atoms with E-state index >= 15 is 0 Å². The molecule has 0 aliphatic heterocycles. The van der Waals surface area contributed by atoms with Gasteiger partial charge in [0, 0.05) is 6.08 Å². The molecule has 1 aromatic carbocycles. The molecule has 1 nitrogen and oxygen atoms in total. The third-order valence-electron chi connectivity index (χ3n) is 2.36. The van der Waals surface area contributed by atoms with E-state index in [-0.39, 0.29) is 0 Å². The van der Waals surface area contributed by atoms with Crippen molar-refractivity contribution >= 4 is 6.08 Å². The maximum atomic E-state index is 8.67. The van der Waals surface area contributed by atoms with Gasteiger partial charge < -0.3 is 0 Å². The number of nitrogens with zero attached hydrogens (tertiary/aromatic N) is 1. The van der Waals surface area contributed by atoms with E-state index in [2.05, 4.69) is 31.2 Å². The van der Waals surface area contributed by atoms with Gasteiger partial charge in [0.1, 0.15) is 0 Å². The van der Waals surface area contributed by atoms with Gasteiger partial charge in [-0.05, 0) is 24.0 Å². The molecule has 0 bridgehead atoms. The van der Waals surface area contributed by atoms with E-state index in [1.54, 1.807) is 6.08 Å². The molecule has 0 fully saturated rings. The second kappa shape index (κ2) is 7.48. The van der Waals surface area contributed by atoms with Crippen LogP contribution in [0, 0.1) is 11.3 Å². The molecule has 1 aromatic rings. The van der Waals surface area contributed by atoms with Crippen LogP contribution < -0.4 is 0 Å². The molecule has 0 saturated heterocycles. The number of hydrogen-bond acceptors (Lipinski definition) is 1. The molecule has 0 N–H and O–H groups in total. The van der Waals surface area contributed by atoms with E-state index in [9.17, 15) is 0 Å². The van der Waals surface area contributed by atoms with Gasteiger partial charge in [-0.3, -0.25) is 0 Å². The highest BCUT2D eigenvalue weighted by molar-refractivity contribution is 5.53. The lowest BCUT2D eigenvalue weighted by molar-refractivity contribution is 0.798. The number of allylic oxidation sites excluding steroid dienone is 3. The monoisotopic (exact) mass is 211 g/mol. The summed E-state index contributed by atoms with van der Waals surface area (Å²) in [5.41, 5.74) is 2.27. The summed E-state index contributed by atoms with van der Waals surface area (Å²) in [4.78, 5) is 0. The minimum atomic E-state index is 0.980. The first-order chi connectivity index (χ1) is 7.86. The smallest absolute Gasteiger partial charge is 0.0914 e. The molecular weight excluding hydrogens is 194 g/mol. The van der Waals surface area contributed by atoms with Crippen molar-refractivity contribution in [3.8, 4) is 6.07 Å². The number of hydrogen-bond donors (Lipinski definition) is 0. The molecule has 0 saturated carbocycles. The van der Waals surface area contributed by atoms with Gasteiger partial charge in [-0.1, -0.05) is 55.8 Å². The Morgan fingerprint density at radius 1 is 1.31 bits per heavy atom. The molecule has 0 unspecified atom stereocenters. The third-order valence-corrected chi connectivity index (χ3v) is 2.36. The van der Waals surface area contributed by atoms with E-state index in [0.29, 0.717) is 0 Å². The van der Waals surface area contributed by atoms with Gasteiger partial charge in [0.2, 0.25) is 0 Å². The summed E-state index contributed by atoms with van der Waals surface area (Å²) >= 11 is 0. The second-order valence-electron chi connectivity index (χ2n) is 3.70. The Bertz CT molecular complexity index is 393. The maximum Gasteiger partial charge on any atom is 0.0914 e. The summed E-state index contributed by atoms with van der Waals surface area (Å²) in [6.07, 6.45) is 8.99. The summed E-state index contributed by atoms with van der Waals surface area (Å²) in [5.74, 6) is 0. The highest BCUT2D eigenvalue weighted by atomic mass is 14.2. The van der Waals surface area contributed by atoms with Gasteiger partial charge >= 0.3 is 0 Å². The minimum Gasteiger partial charge on any atom is -0.193 e. The van der Waals surface area contributed by atoms with Crippen LogP contribution in [-0.4, -0.2) is 0 Å². The quantitative estimate of drug-likeness (QED) is 0.525. The maximum absolute atomic E-state index is 8.67. The number of rotatable bonds is 5. The number of benzene rings is 1. The molecule has 0 aliphatic rings. The molecular formula is C15H17N. The van der Waals surface area contributed by atoms with Crippen molar-refractivity contribution < 1.29 is 0 Å². The van der Waals surface area contributed by atoms with Crippen LogP contribution in [0.15, 0.2) is 48.1 Å². The van der Waals surface area contributed by atoms with Crippen molar-refractivity contribution in [3.63, 3.8) is 0 Å². The van der Waals surface area contributed by atoms with Gasteiger partial charge in [0.15, 0.2) is 0 Å². The standard InChI is InChI=1S/C15H17N/c1-2-3-7-15(12-13-16)11-10-14-8-5-4-6-9-14/h4-6,8-12H,2-3,7H2,1H3. The Kier molecular flexibility index (Phi) is 5.73. The molecule has 1 rings (SSSR count). The van der Waals surface area contributed by atoms with Crippen molar-refractivity contribution in [1.29, 1.82) is 5.26 Å². The van der Waals surface area contributed by atoms with E-state index in [0.717, 1.165) is 24.8 Å². The molecule has 0 aliphatic carbocycles. The van der Waals surface area contributed by atoms with Crippen LogP contribution in [0.2, 0.25) is 0 Å². The molecule has 0 atom stereocenters. The fourth-order valence-corrected chi connectivity index (χ4v) is 1.43. The summed E-state index contributed by atoms with van der Waals surface area (Å²) in [6, 6.07) is 12.2. The first-order valence-electron chi connectivity index (χ1n) is 5.68. The second-order valence-corrected chi connectivity index (χ2v) is 3.70. The fourth-order valence-electron chi connectivity index (χ4n) is 1.43. The van der Waals surface area contributed by atoms with Crippen LogP contribution in [0.1, 0.15) is 31.7 Å². The Morgan fingerprint density at radius 2 is 2.06 bits per heavy atom. The fraction of sp³-hybridized carbons (Fsp3) is 0.267. The Balaban J connectivity index is 2.66. The highest BCUT2D eigenvalue weighted by Crippen LogP contribution is 2.11. The Labute approximate surface area is 97.7 Å². The predicted octanol–water partition coefficient (Wildman–Crippen LogP) is 4.34. The Morgan fingerprint density at radius 3 is 2.69 bits per heavy atom. The van der Waals surface area contributed by atoms with Gasteiger partial charge in [0.25, 0.3) is 0 Å². The molecule has 0 radical (unpaired) electrons. The van der Waals surface area contributed by atoms with Crippen LogP contribution in [-0.2, 0) is 0 Å². The van der Waals surface area contributed by atoms with Crippen LogP contribution in [0.25, 0.3) is 6.08 Å². The van der Waals surface area contributed by atoms with Gasteiger partial charge in [-0.2, -0.15) is 5.26 Å². The topological polar surface area (TPSA) is 23.8 Å². The summed E-state index contributed by atoms with van der Waals surface area (Å²) in [7, 11) is 0. The van der Waals surface area contributed by atoms with Crippen LogP contribution in [0.5, 0.6) is 0 Å². The molecule has 0 heterocycles. The van der Waals surface area contributed by atoms with Gasteiger partial charge in [-0.25, -0.2) is 0 Å². The van der Waals surface area contributed by atoms with Crippen LogP contribution in [0.3, 0.4) is 0 Å². The predicted molar refractivity (Wildman–Crippen MR) is 68.7 cm³/mol. The number of nitriles is 1. The van der Waals surface area contributed by atoms with Gasteiger partial charge in [-0.15, -0.1) is 0 Å². The van der Waals surface area contributed by atoms with Crippen LogP contribution in [0.4, 0.5) is 0 Å². The zero-order valence-electron chi connectivity index (χ0n) is 9.69. The third kappa shape index (κ3) is 4.61. The zero-order valence-corrected chi connectivity index (χ0v) is 9.69. The lowest BCUT2D eigenvalue weighted by atomic mass is 10.1.